The number of carbonyl (C=O) groups is 1. The van der Waals surface area contributed by atoms with Crippen LogP contribution in [-0.4, -0.2) is 23.9 Å². The molecule has 0 aromatic carbocycles. The summed E-state index contributed by atoms with van der Waals surface area (Å²) in [5.41, 5.74) is 3.31. The SMILES string of the molecule is CC(C)CCN(CCC(C)C)Cc1ccsc1C(=O)NN. The van der Waals surface area contributed by atoms with Crippen LogP contribution in [0.4, 0.5) is 0 Å². The van der Waals surface area contributed by atoms with Gasteiger partial charge in [0, 0.05) is 6.54 Å². The molecule has 1 aromatic heterocycles. The maximum atomic E-state index is 11.8. The minimum absolute atomic E-state index is 0.187. The Morgan fingerprint density at radius 2 is 1.81 bits per heavy atom. The molecule has 0 fully saturated rings. The summed E-state index contributed by atoms with van der Waals surface area (Å²) in [4.78, 5) is 15.0. The molecule has 120 valence electrons. The summed E-state index contributed by atoms with van der Waals surface area (Å²) in [6, 6.07) is 2.03. The quantitative estimate of drug-likeness (QED) is 0.418. The highest BCUT2D eigenvalue weighted by Crippen LogP contribution is 2.19. The molecule has 0 aliphatic rings. The van der Waals surface area contributed by atoms with E-state index in [2.05, 4.69) is 38.0 Å². The van der Waals surface area contributed by atoms with Crippen molar-refractivity contribution in [2.75, 3.05) is 13.1 Å². The van der Waals surface area contributed by atoms with Crippen LogP contribution in [0.2, 0.25) is 0 Å². The molecular formula is C16H29N3OS. The summed E-state index contributed by atoms with van der Waals surface area (Å²) in [6.45, 7) is 12.0. The highest BCUT2D eigenvalue weighted by Gasteiger charge is 2.15. The van der Waals surface area contributed by atoms with E-state index in [0.29, 0.717) is 11.8 Å². The summed E-state index contributed by atoms with van der Waals surface area (Å²) in [6.07, 6.45) is 2.36. The normalized spacial score (nSPS) is 11.6. The zero-order valence-corrected chi connectivity index (χ0v) is 14.5. The lowest BCUT2D eigenvalue weighted by atomic mass is 10.1. The molecule has 1 amide bonds. The number of amides is 1. The largest absolute Gasteiger partial charge is 0.299 e. The number of nitrogens with two attached hydrogens (primary N) is 1. The average Bonchev–Trinajstić information content (AvgIpc) is 2.88. The topological polar surface area (TPSA) is 58.4 Å². The van der Waals surface area contributed by atoms with Crippen molar-refractivity contribution >= 4 is 17.2 Å². The molecule has 0 spiro atoms. The Hall–Kier alpha value is -0.910. The molecule has 0 radical (unpaired) electrons. The molecule has 0 saturated carbocycles. The summed E-state index contributed by atoms with van der Waals surface area (Å²) in [7, 11) is 0. The minimum Gasteiger partial charge on any atom is -0.299 e. The van der Waals surface area contributed by atoms with Crippen molar-refractivity contribution in [2.24, 2.45) is 17.7 Å². The van der Waals surface area contributed by atoms with Gasteiger partial charge in [0.1, 0.15) is 0 Å². The van der Waals surface area contributed by atoms with Gasteiger partial charge in [-0.05, 0) is 54.8 Å². The van der Waals surface area contributed by atoms with Gasteiger partial charge >= 0.3 is 0 Å². The van der Waals surface area contributed by atoms with Crippen LogP contribution in [0.3, 0.4) is 0 Å². The third kappa shape index (κ3) is 6.59. The van der Waals surface area contributed by atoms with Crippen LogP contribution in [0.25, 0.3) is 0 Å². The highest BCUT2D eigenvalue weighted by molar-refractivity contribution is 7.12. The van der Waals surface area contributed by atoms with Gasteiger partial charge in [-0.3, -0.25) is 15.1 Å². The van der Waals surface area contributed by atoms with Crippen LogP contribution in [-0.2, 0) is 6.54 Å². The smallest absolute Gasteiger partial charge is 0.275 e. The van der Waals surface area contributed by atoms with E-state index in [1.165, 1.54) is 24.2 Å². The Kier molecular flexibility index (Phi) is 7.93. The first kappa shape index (κ1) is 18.1. The van der Waals surface area contributed by atoms with E-state index in [9.17, 15) is 4.79 Å². The number of rotatable bonds is 9. The standard InChI is InChI=1S/C16H29N3OS/c1-12(2)5-8-19(9-6-13(3)4)11-14-7-10-21-15(14)16(20)18-17/h7,10,12-13H,5-6,8-9,11,17H2,1-4H3,(H,18,20). The van der Waals surface area contributed by atoms with Gasteiger partial charge in [0.15, 0.2) is 0 Å². The molecule has 1 heterocycles. The Labute approximate surface area is 132 Å². The minimum atomic E-state index is -0.187. The Morgan fingerprint density at radius 1 is 1.24 bits per heavy atom. The third-order valence-corrected chi connectivity index (χ3v) is 4.48. The second-order valence-electron chi connectivity index (χ2n) is 6.39. The first-order chi connectivity index (χ1) is 9.93. The first-order valence-corrected chi connectivity index (χ1v) is 8.61. The number of thiophene rings is 1. The molecule has 21 heavy (non-hydrogen) atoms. The second-order valence-corrected chi connectivity index (χ2v) is 7.31. The lowest BCUT2D eigenvalue weighted by molar-refractivity contribution is 0.0955. The monoisotopic (exact) mass is 311 g/mol. The molecule has 0 bridgehead atoms. The summed E-state index contributed by atoms with van der Waals surface area (Å²) < 4.78 is 0. The van der Waals surface area contributed by atoms with Crippen LogP contribution < -0.4 is 11.3 Å². The second kappa shape index (κ2) is 9.18. The van der Waals surface area contributed by atoms with Crippen molar-refractivity contribution in [3.05, 3.63) is 21.9 Å². The van der Waals surface area contributed by atoms with Crippen LogP contribution in [0.5, 0.6) is 0 Å². The fourth-order valence-corrected chi connectivity index (χ4v) is 2.94. The van der Waals surface area contributed by atoms with Crippen LogP contribution in [0.15, 0.2) is 11.4 Å². The van der Waals surface area contributed by atoms with Crippen molar-refractivity contribution < 1.29 is 4.79 Å². The fourth-order valence-electron chi connectivity index (χ4n) is 2.12. The van der Waals surface area contributed by atoms with Gasteiger partial charge < -0.3 is 0 Å². The van der Waals surface area contributed by atoms with E-state index in [-0.39, 0.29) is 5.91 Å². The maximum absolute atomic E-state index is 11.8. The van der Waals surface area contributed by atoms with Crippen LogP contribution >= 0.6 is 11.3 Å². The van der Waals surface area contributed by atoms with Crippen molar-refractivity contribution in [1.29, 1.82) is 0 Å². The highest BCUT2D eigenvalue weighted by atomic mass is 32.1. The van der Waals surface area contributed by atoms with E-state index >= 15 is 0 Å². The maximum Gasteiger partial charge on any atom is 0.275 e. The predicted molar refractivity (Wildman–Crippen MR) is 90.2 cm³/mol. The van der Waals surface area contributed by atoms with Gasteiger partial charge in [-0.15, -0.1) is 11.3 Å². The summed E-state index contributed by atoms with van der Waals surface area (Å²) in [5.74, 6) is 6.46. The Balaban J connectivity index is 2.70. The van der Waals surface area contributed by atoms with E-state index in [1.54, 1.807) is 0 Å². The molecule has 0 aliphatic heterocycles. The van der Waals surface area contributed by atoms with Gasteiger partial charge in [-0.1, -0.05) is 27.7 Å². The number of nitrogens with one attached hydrogen (secondary N) is 1. The van der Waals surface area contributed by atoms with Gasteiger partial charge in [-0.2, -0.15) is 0 Å². The van der Waals surface area contributed by atoms with Gasteiger partial charge in [0.05, 0.1) is 4.88 Å². The molecule has 0 atom stereocenters. The fraction of sp³-hybridized carbons (Fsp3) is 0.688. The van der Waals surface area contributed by atoms with Crippen molar-refractivity contribution in [2.45, 2.75) is 47.1 Å². The Bertz CT molecular complexity index is 417. The van der Waals surface area contributed by atoms with Gasteiger partial charge in [0.2, 0.25) is 0 Å². The summed E-state index contributed by atoms with van der Waals surface area (Å²) in [5, 5.41) is 1.96. The molecule has 5 heteroatoms. The van der Waals surface area contributed by atoms with Crippen molar-refractivity contribution in [3.63, 3.8) is 0 Å². The number of hydrogen-bond donors (Lipinski definition) is 2. The number of nitrogen functional groups attached to an aromatic ring is 1. The molecule has 0 aliphatic carbocycles. The summed E-state index contributed by atoms with van der Waals surface area (Å²) >= 11 is 1.45. The number of hydrazine groups is 1. The van der Waals surface area contributed by atoms with Crippen LogP contribution in [0.1, 0.15) is 55.8 Å². The lowest BCUT2D eigenvalue weighted by Crippen LogP contribution is -2.32. The zero-order chi connectivity index (χ0) is 15.8. The number of carbonyl (C=O) groups excluding carboxylic acids is 1. The van der Waals surface area contributed by atoms with E-state index in [4.69, 9.17) is 5.84 Å². The lowest BCUT2D eigenvalue weighted by Gasteiger charge is -2.24. The van der Waals surface area contributed by atoms with E-state index in [0.717, 1.165) is 30.1 Å². The Morgan fingerprint density at radius 3 is 2.29 bits per heavy atom. The van der Waals surface area contributed by atoms with Gasteiger partial charge in [0.25, 0.3) is 5.91 Å². The zero-order valence-electron chi connectivity index (χ0n) is 13.7. The molecule has 0 unspecified atom stereocenters. The predicted octanol–water partition coefficient (Wildman–Crippen LogP) is 3.25. The van der Waals surface area contributed by atoms with Gasteiger partial charge in [-0.25, -0.2) is 5.84 Å². The first-order valence-electron chi connectivity index (χ1n) is 7.73. The molecule has 1 aromatic rings. The number of nitrogens with zero attached hydrogens (tertiary/aromatic N) is 1. The molecule has 3 N–H and O–H groups in total. The number of hydrogen-bond acceptors (Lipinski definition) is 4. The van der Waals surface area contributed by atoms with E-state index < -0.39 is 0 Å². The van der Waals surface area contributed by atoms with Crippen molar-refractivity contribution in [1.82, 2.24) is 10.3 Å². The molecular weight excluding hydrogens is 282 g/mol. The average molecular weight is 311 g/mol. The molecule has 1 rings (SSSR count). The van der Waals surface area contributed by atoms with E-state index in [1.807, 2.05) is 11.4 Å². The molecule has 4 nitrogen and oxygen atoms in total. The third-order valence-electron chi connectivity index (χ3n) is 3.52. The van der Waals surface area contributed by atoms with Crippen LogP contribution in [0, 0.1) is 11.8 Å². The van der Waals surface area contributed by atoms with Crippen molar-refractivity contribution in [3.8, 4) is 0 Å². The molecule has 0 saturated heterocycles.